The van der Waals surface area contributed by atoms with Crippen LogP contribution in [0.2, 0.25) is 0 Å². The van der Waals surface area contributed by atoms with Crippen LogP contribution in [0.1, 0.15) is 38.8 Å². The third-order valence-corrected chi connectivity index (χ3v) is 4.49. The Balaban J connectivity index is 1.80. The lowest BCUT2D eigenvalue weighted by Crippen LogP contribution is -2.48. The second-order valence-electron chi connectivity index (χ2n) is 6.44. The maximum atomic E-state index is 12.5. The van der Waals surface area contributed by atoms with Gasteiger partial charge >= 0.3 is 12.2 Å². The molecule has 3 amide bonds. The van der Waals surface area contributed by atoms with Crippen molar-refractivity contribution in [1.82, 2.24) is 15.2 Å². The Bertz CT molecular complexity index is 626. The number of hydrogen-bond acceptors (Lipinski definition) is 3. The van der Waals surface area contributed by atoms with Gasteiger partial charge in [-0.1, -0.05) is 13.8 Å². The molecule has 26 heavy (non-hydrogen) atoms. The average molecular weight is 372 g/mol. The first-order chi connectivity index (χ1) is 12.2. The Morgan fingerprint density at radius 2 is 1.96 bits per heavy atom. The van der Waals surface area contributed by atoms with Gasteiger partial charge in [0.05, 0.1) is 11.9 Å². The standard InChI is InChI=1S/C17H23F3N4O2/c1-3-11(2)15(25)24-8-6-12(7-9-24)22-16(26)23-13-4-5-14(21-10-13)17(18,19)20/h4-5,10-12H,3,6-9H2,1-2H3,(H2,22,23,26)/t11-/m0/s1. The molecule has 0 unspecified atom stereocenters. The summed E-state index contributed by atoms with van der Waals surface area (Å²) >= 11 is 0. The first-order valence-electron chi connectivity index (χ1n) is 8.60. The van der Waals surface area contributed by atoms with Gasteiger partial charge in [-0.05, 0) is 31.4 Å². The minimum Gasteiger partial charge on any atom is -0.342 e. The Morgan fingerprint density at radius 1 is 1.31 bits per heavy atom. The van der Waals surface area contributed by atoms with Gasteiger partial charge in [0.1, 0.15) is 5.69 Å². The van der Waals surface area contributed by atoms with E-state index >= 15 is 0 Å². The van der Waals surface area contributed by atoms with Gasteiger partial charge in [0.2, 0.25) is 5.91 Å². The molecular weight excluding hydrogens is 349 g/mol. The smallest absolute Gasteiger partial charge is 0.342 e. The molecule has 9 heteroatoms. The predicted octanol–water partition coefficient (Wildman–Crippen LogP) is 3.26. The summed E-state index contributed by atoms with van der Waals surface area (Å²) in [4.78, 5) is 29.2. The summed E-state index contributed by atoms with van der Waals surface area (Å²) in [5.41, 5.74) is -0.832. The molecule has 0 saturated carbocycles. The average Bonchev–Trinajstić information content (AvgIpc) is 2.60. The number of alkyl halides is 3. The second kappa shape index (κ2) is 8.37. The molecule has 0 aliphatic carbocycles. The molecule has 0 radical (unpaired) electrons. The zero-order valence-electron chi connectivity index (χ0n) is 14.8. The summed E-state index contributed by atoms with van der Waals surface area (Å²) in [6.07, 6.45) is -1.47. The van der Waals surface area contributed by atoms with Gasteiger partial charge in [-0.2, -0.15) is 13.2 Å². The first-order valence-corrected chi connectivity index (χ1v) is 8.60. The topological polar surface area (TPSA) is 74.3 Å². The van der Waals surface area contributed by atoms with E-state index in [4.69, 9.17) is 0 Å². The number of carbonyl (C=O) groups is 2. The van der Waals surface area contributed by atoms with Crippen molar-refractivity contribution in [2.75, 3.05) is 18.4 Å². The Labute approximate surface area is 150 Å². The number of halogens is 3. The molecule has 2 N–H and O–H groups in total. The van der Waals surface area contributed by atoms with Gasteiger partial charge in [0.15, 0.2) is 0 Å². The number of likely N-dealkylation sites (tertiary alicyclic amines) is 1. The highest BCUT2D eigenvalue weighted by Gasteiger charge is 2.32. The fraction of sp³-hybridized carbons (Fsp3) is 0.588. The molecule has 1 fully saturated rings. The molecule has 6 nitrogen and oxygen atoms in total. The zero-order chi connectivity index (χ0) is 19.3. The number of hydrogen-bond donors (Lipinski definition) is 2. The first kappa shape index (κ1) is 20.0. The van der Waals surface area contributed by atoms with E-state index in [2.05, 4.69) is 15.6 Å². The SMILES string of the molecule is CC[C@H](C)C(=O)N1CCC(NC(=O)Nc2ccc(C(F)(F)F)nc2)CC1. The van der Waals surface area contributed by atoms with Crippen molar-refractivity contribution in [2.45, 2.75) is 45.3 Å². The van der Waals surface area contributed by atoms with Crippen molar-refractivity contribution in [3.05, 3.63) is 24.0 Å². The van der Waals surface area contributed by atoms with Gasteiger partial charge in [0, 0.05) is 25.0 Å². The van der Waals surface area contributed by atoms with Gasteiger partial charge < -0.3 is 15.5 Å². The lowest BCUT2D eigenvalue weighted by molar-refractivity contribution is -0.141. The number of amides is 3. The highest BCUT2D eigenvalue weighted by atomic mass is 19.4. The molecule has 0 aromatic carbocycles. The maximum absolute atomic E-state index is 12.5. The number of nitrogens with one attached hydrogen (secondary N) is 2. The Kier molecular flexibility index (Phi) is 6.44. The highest BCUT2D eigenvalue weighted by molar-refractivity contribution is 5.89. The van der Waals surface area contributed by atoms with E-state index in [1.54, 1.807) is 0 Å². The van der Waals surface area contributed by atoms with Crippen LogP contribution < -0.4 is 10.6 Å². The van der Waals surface area contributed by atoms with Gasteiger partial charge in [-0.3, -0.25) is 4.79 Å². The molecule has 1 aliphatic heterocycles. The number of aromatic nitrogens is 1. The van der Waals surface area contributed by atoms with Crippen molar-refractivity contribution in [3.8, 4) is 0 Å². The van der Waals surface area contributed by atoms with E-state index < -0.39 is 17.9 Å². The van der Waals surface area contributed by atoms with Crippen LogP contribution in [0.5, 0.6) is 0 Å². The van der Waals surface area contributed by atoms with Gasteiger partial charge in [0.25, 0.3) is 0 Å². The molecule has 0 bridgehead atoms. The molecule has 1 aromatic heterocycles. The molecule has 2 rings (SSSR count). The monoisotopic (exact) mass is 372 g/mol. The molecule has 144 valence electrons. The normalized spacial score (nSPS) is 16.9. The van der Waals surface area contributed by atoms with Gasteiger partial charge in [-0.25, -0.2) is 9.78 Å². The number of anilines is 1. The summed E-state index contributed by atoms with van der Waals surface area (Å²) in [6.45, 7) is 5.03. The van der Waals surface area contributed by atoms with Crippen molar-refractivity contribution in [3.63, 3.8) is 0 Å². The van der Waals surface area contributed by atoms with Crippen LogP contribution in [-0.4, -0.2) is 41.0 Å². The summed E-state index contributed by atoms with van der Waals surface area (Å²) < 4.78 is 37.4. The number of piperidine rings is 1. The highest BCUT2D eigenvalue weighted by Crippen LogP contribution is 2.27. The van der Waals surface area contributed by atoms with Gasteiger partial charge in [-0.15, -0.1) is 0 Å². The molecular formula is C17H23F3N4O2. The molecule has 0 spiro atoms. The lowest BCUT2D eigenvalue weighted by atomic mass is 10.0. The van der Waals surface area contributed by atoms with Crippen LogP contribution in [0, 0.1) is 5.92 Å². The largest absolute Gasteiger partial charge is 0.433 e. The number of pyridine rings is 1. The predicted molar refractivity (Wildman–Crippen MR) is 90.5 cm³/mol. The third kappa shape index (κ3) is 5.34. The molecule has 1 atom stereocenters. The van der Waals surface area contributed by atoms with Crippen molar-refractivity contribution >= 4 is 17.6 Å². The Hall–Kier alpha value is -2.32. The van der Waals surface area contributed by atoms with Crippen molar-refractivity contribution in [1.29, 1.82) is 0 Å². The van der Waals surface area contributed by atoms with E-state index in [0.717, 1.165) is 24.8 Å². The van der Waals surface area contributed by atoms with Crippen molar-refractivity contribution in [2.24, 2.45) is 5.92 Å². The van der Waals surface area contributed by atoms with Crippen LogP contribution in [0.25, 0.3) is 0 Å². The minimum absolute atomic E-state index is 0.00465. The molecule has 2 heterocycles. The summed E-state index contributed by atoms with van der Waals surface area (Å²) in [7, 11) is 0. The van der Waals surface area contributed by atoms with Crippen LogP contribution in [-0.2, 0) is 11.0 Å². The number of rotatable bonds is 4. The van der Waals surface area contributed by atoms with E-state index in [1.807, 2.05) is 18.7 Å². The summed E-state index contributed by atoms with van der Waals surface area (Å²) in [6, 6.07) is 1.38. The van der Waals surface area contributed by atoms with E-state index in [0.29, 0.717) is 25.9 Å². The Morgan fingerprint density at radius 3 is 2.46 bits per heavy atom. The number of carbonyl (C=O) groups excluding carboxylic acids is 2. The van der Waals surface area contributed by atoms with E-state index in [9.17, 15) is 22.8 Å². The van der Waals surface area contributed by atoms with Crippen LogP contribution in [0.3, 0.4) is 0 Å². The number of nitrogens with zero attached hydrogens (tertiary/aromatic N) is 2. The third-order valence-electron chi connectivity index (χ3n) is 4.49. The second-order valence-corrected chi connectivity index (χ2v) is 6.44. The molecule has 1 saturated heterocycles. The lowest BCUT2D eigenvalue weighted by Gasteiger charge is -2.33. The molecule has 1 aliphatic rings. The quantitative estimate of drug-likeness (QED) is 0.852. The fourth-order valence-corrected chi connectivity index (χ4v) is 2.72. The summed E-state index contributed by atoms with van der Waals surface area (Å²) in [5, 5.41) is 5.25. The van der Waals surface area contributed by atoms with Crippen LogP contribution in [0.4, 0.5) is 23.7 Å². The van der Waals surface area contributed by atoms with E-state index in [-0.39, 0.29) is 23.6 Å². The fourth-order valence-electron chi connectivity index (χ4n) is 2.72. The van der Waals surface area contributed by atoms with Crippen LogP contribution >= 0.6 is 0 Å². The zero-order valence-corrected chi connectivity index (χ0v) is 14.8. The summed E-state index contributed by atoms with van der Waals surface area (Å²) in [5.74, 6) is 0.126. The minimum atomic E-state index is -4.51. The maximum Gasteiger partial charge on any atom is 0.433 e. The van der Waals surface area contributed by atoms with Crippen LogP contribution in [0.15, 0.2) is 18.3 Å². The number of urea groups is 1. The molecule has 1 aromatic rings. The van der Waals surface area contributed by atoms with Crippen molar-refractivity contribution < 1.29 is 22.8 Å². The van der Waals surface area contributed by atoms with E-state index in [1.165, 1.54) is 0 Å².